The van der Waals surface area contributed by atoms with Crippen molar-refractivity contribution in [2.24, 2.45) is 10.2 Å². The van der Waals surface area contributed by atoms with Crippen LogP contribution < -0.4 is 30.9 Å². The summed E-state index contributed by atoms with van der Waals surface area (Å²) in [5.74, 6) is -5.38. The number of aryl methyl sites for hydroxylation is 1. The van der Waals surface area contributed by atoms with E-state index in [1.807, 2.05) is 43.3 Å². The topological polar surface area (TPSA) is 219 Å². The van der Waals surface area contributed by atoms with Gasteiger partial charge in [0.2, 0.25) is 5.91 Å². The highest BCUT2D eigenvalue weighted by atomic mass is 19.2. The number of ether oxygens (including phenoxy) is 2. The Hall–Kier alpha value is -9.22. The molecule has 4 N–H and O–H groups in total. The number of Topliss-reactive ketones (excluding diaryl/α,β-unsaturated/α-hetero) is 1. The average molecular weight is 1130 g/mol. The first-order valence-corrected chi connectivity index (χ1v) is 26.6. The first-order chi connectivity index (χ1) is 39.0. The second-order valence-electron chi connectivity index (χ2n) is 21.0. The molecule has 19 nitrogen and oxygen atoms in total. The van der Waals surface area contributed by atoms with Gasteiger partial charge >= 0.3 is 13.1 Å². The third-order valence-electron chi connectivity index (χ3n) is 13.3. The van der Waals surface area contributed by atoms with Crippen LogP contribution in [0.3, 0.4) is 0 Å². The van der Waals surface area contributed by atoms with Crippen LogP contribution in [-0.4, -0.2) is 105 Å². The Morgan fingerprint density at radius 1 is 0.805 bits per heavy atom. The molecule has 1 atom stereocenters. The number of carbonyl (C=O) groups is 5. The van der Waals surface area contributed by atoms with Crippen LogP contribution in [-0.2, 0) is 33.8 Å². The van der Waals surface area contributed by atoms with Crippen LogP contribution in [0.2, 0.25) is 0 Å². The molecule has 4 aromatic carbocycles. The number of ketones is 1. The van der Waals surface area contributed by atoms with Crippen molar-refractivity contribution in [1.29, 1.82) is 0 Å². The molecule has 428 valence electrons. The normalized spacial score (nSPS) is 13.8. The number of nitrogens with one attached hydrogen (secondary N) is 4. The lowest BCUT2D eigenvalue weighted by molar-refractivity contribution is -0.362. The van der Waals surface area contributed by atoms with Crippen molar-refractivity contribution in [1.82, 2.24) is 40.7 Å². The van der Waals surface area contributed by atoms with Crippen molar-refractivity contribution in [2.45, 2.75) is 91.5 Å². The van der Waals surface area contributed by atoms with E-state index < -0.39 is 72.2 Å². The number of carbonyl (C=O) groups excluding carboxylic acids is 5. The predicted molar refractivity (Wildman–Crippen MR) is 301 cm³/mol. The van der Waals surface area contributed by atoms with Crippen LogP contribution in [0, 0.1) is 11.6 Å². The van der Waals surface area contributed by atoms with Crippen molar-refractivity contribution in [2.75, 3.05) is 32.1 Å². The molecule has 0 saturated heterocycles. The number of nitrogens with zero attached hydrogens (tertiary/aromatic N) is 8. The van der Waals surface area contributed by atoms with E-state index in [1.54, 1.807) is 95.3 Å². The number of hydrogen-bond donors (Lipinski definition) is 4. The van der Waals surface area contributed by atoms with Gasteiger partial charge in [0.25, 0.3) is 11.8 Å². The molecule has 0 radical (unpaired) electrons. The van der Waals surface area contributed by atoms with Gasteiger partial charge in [-0.25, -0.2) is 18.3 Å². The lowest BCUT2D eigenvalue weighted by Crippen LogP contribution is -2.50. The molecule has 8 rings (SSSR count). The number of hydrogen-bond acceptors (Lipinski definition) is 12. The van der Waals surface area contributed by atoms with Gasteiger partial charge in [0.05, 0.1) is 35.8 Å². The first kappa shape index (κ1) is 58.9. The highest BCUT2D eigenvalue weighted by molar-refractivity contribution is 6.58. The molecule has 0 aliphatic carbocycles. The second kappa shape index (κ2) is 25.5. The number of rotatable bonds is 23. The van der Waals surface area contributed by atoms with Gasteiger partial charge in [-0.1, -0.05) is 11.3 Å². The molecule has 2 aliphatic heterocycles. The zero-order valence-corrected chi connectivity index (χ0v) is 46.4. The highest BCUT2D eigenvalue weighted by Gasteiger charge is 2.52. The van der Waals surface area contributed by atoms with E-state index in [4.69, 9.17) is 9.47 Å². The number of fused-ring (bicyclic) bond motifs is 2. The van der Waals surface area contributed by atoms with E-state index in [0.717, 1.165) is 32.4 Å². The summed E-state index contributed by atoms with van der Waals surface area (Å²) < 4.78 is 76.8. The Morgan fingerprint density at radius 2 is 1.50 bits per heavy atom. The summed E-state index contributed by atoms with van der Waals surface area (Å²) in [6.07, 6.45) is 5.09. The van der Waals surface area contributed by atoms with E-state index in [9.17, 15) is 24.0 Å². The van der Waals surface area contributed by atoms with E-state index in [0.29, 0.717) is 58.4 Å². The number of allylic oxidation sites excluding steroid dienone is 2. The summed E-state index contributed by atoms with van der Waals surface area (Å²) in [4.78, 5) is 67.7. The van der Waals surface area contributed by atoms with Crippen LogP contribution >= 0.6 is 0 Å². The van der Waals surface area contributed by atoms with E-state index in [2.05, 4.69) is 41.8 Å². The maximum atomic E-state index is 15.9. The van der Waals surface area contributed by atoms with Crippen LogP contribution in [0.15, 0.2) is 131 Å². The smallest absolute Gasteiger partial charge is 0.480 e. The molecule has 0 spiro atoms. The lowest BCUT2D eigenvalue weighted by atomic mass is 9.89. The van der Waals surface area contributed by atoms with Gasteiger partial charge in [0.1, 0.15) is 23.6 Å². The number of azo groups is 1. The van der Waals surface area contributed by atoms with Crippen LogP contribution in [0.4, 0.5) is 39.3 Å². The fourth-order valence-electron chi connectivity index (χ4n) is 9.24. The molecule has 4 heterocycles. The van der Waals surface area contributed by atoms with E-state index in [-0.39, 0.29) is 55.6 Å². The fraction of sp³-hybridized carbons (Fsp3) is 0.310. The van der Waals surface area contributed by atoms with Crippen LogP contribution in [0.5, 0.6) is 5.75 Å². The molecule has 4 amide bonds. The molecular formula is C58H63BF4N12O7. The number of amides is 4. The van der Waals surface area contributed by atoms with Crippen LogP contribution in [0.1, 0.15) is 104 Å². The summed E-state index contributed by atoms with van der Waals surface area (Å²) in [5.41, 5.74) is 5.02. The standard InChI is InChI=1S/C58H63BF4N12O7/c1-36-27-37(2)74-51(36)31-47-23-22-45(75(47)59(74,62)63)24-25-53(77)65-33-43-34-73(71-70-43)46-12-10-11-40(30-46)56(79)67-50(13-8-9-26-64-57(80)82-58(3,4)5)52(76)35-81-54-48(60)28-38(29-49(54)61)32-66-55(78)39-14-16-41(17-15-39)68-69-42-18-20-44(21-19-42)72(6)7/h10-12,14-23,27-31,34,50H,8-9,13,24-26,32-33,35H2,1-7H3,(H,64,80)(H,65,77)(H,66,78)(H,67,79)/b69-68+/t50-/m0/s1. The maximum absolute atomic E-state index is 15.9. The van der Waals surface area contributed by atoms with Gasteiger partial charge < -0.3 is 53.2 Å². The number of aromatic nitrogens is 4. The minimum absolute atomic E-state index is 0.0278. The molecule has 0 fully saturated rings. The van der Waals surface area contributed by atoms with Gasteiger partial charge in [-0.15, -0.1) is 5.10 Å². The number of unbranched alkanes of at least 4 members (excludes halogenated alkanes) is 1. The summed E-state index contributed by atoms with van der Waals surface area (Å²) in [6.45, 7) is 3.52. The Kier molecular flexibility index (Phi) is 18.3. The molecule has 2 aliphatic rings. The number of benzene rings is 4. The Bertz CT molecular complexity index is 3490. The Morgan fingerprint density at radius 3 is 2.18 bits per heavy atom. The van der Waals surface area contributed by atoms with E-state index in [1.165, 1.54) is 23.0 Å². The van der Waals surface area contributed by atoms with Gasteiger partial charge in [0, 0.05) is 80.8 Å². The monoisotopic (exact) mass is 1130 g/mol. The van der Waals surface area contributed by atoms with Gasteiger partial charge in [0.15, 0.2) is 28.9 Å². The number of alkyl carbamates (subject to hydrolysis) is 1. The molecule has 2 aromatic heterocycles. The van der Waals surface area contributed by atoms with Crippen molar-refractivity contribution >= 4 is 65.4 Å². The molecule has 82 heavy (non-hydrogen) atoms. The summed E-state index contributed by atoms with van der Waals surface area (Å²) in [7, 11) is 3.87. The maximum Gasteiger partial charge on any atom is 0.737 e. The van der Waals surface area contributed by atoms with Crippen molar-refractivity contribution < 1.29 is 55.3 Å². The van der Waals surface area contributed by atoms with Crippen LogP contribution in [0.25, 0.3) is 11.8 Å². The highest BCUT2D eigenvalue weighted by Crippen LogP contribution is 2.36. The Balaban J connectivity index is 0.849. The van der Waals surface area contributed by atoms with Gasteiger partial charge in [-0.05, 0) is 156 Å². The minimum atomic E-state index is -4.17. The van der Waals surface area contributed by atoms with Gasteiger partial charge in [-0.3, -0.25) is 19.2 Å². The molecule has 24 heteroatoms. The largest absolute Gasteiger partial charge is 0.737 e. The molecule has 0 unspecified atom stereocenters. The van der Waals surface area contributed by atoms with Crippen molar-refractivity contribution in [3.8, 4) is 11.4 Å². The van der Waals surface area contributed by atoms with Crippen molar-refractivity contribution in [3.63, 3.8) is 0 Å². The van der Waals surface area contributed by atoms with E-state index >= 15 is 17.4 Å². The molecule has 6 aromatic rings. The molecule has 0 bridgehead atoms. The summed E-state index contributed by atoms with van der Waals surface area (Å²) in [5, 5.41) is 27.5. The average Bonchev–Trinajstić information content (AvgIpc) is 4.14. The zero-order valence-electron chi connectivity index (χ0n) is 46.4. The second-order valence-corrected chi connectivity index (χ2v) is 21.0. The van der Waals surface area contributed by atoms with Crippen molar-refractivity contribution in [3.05, 3.63) is 166 Å². The summed E-state index contributed by atoms with van der Waals surface area (Å²) >= 11 is 0. The fourth-order valence-corrected chi connectivity index (χ4v) is 9.24. The zero-order chi connectivity index (χ0) is 58.9. The predicted octanol–water partition coefficient (Wildman–Crippen LogP) is 9.46. The summed E-state index contributed by atoms with van der Waals surface area (Å²) in [6, 6.07) is 24.0. The SMILES string of the molecule is CC1=CC(C)=[N+]2C1=Cc1ccc(CCC(=O)NCc3cn(-c4cccc(C(=O)N[C@@H](CCCCNC(=O)OC(C)(C)C)C(=O)COc5c(F)cc(CNC(=O)c6ccc(/N=N/c7ccc(N(C)C)cc7)cc6)cc5F)c4)nn3)n1[B-]2(F)F. The first-order valence-electron chi connectivity index (χ1n) is 26.6. The Labute approximate surface area is 471 Å². The minimum Gasteiger partial charge on any atom is -0.480 e. The van der Waals surface area contributed by atoms with Gasteiger partial charge in [-0.2, -0.15) is 10.2 Å². The molecular weight excluding hydrogens is 1060 g/mol. The lowest BCUT2D eigenvalue weighted by Gasteiger charge is -2.31. The third kappa shape index (κ3) is 14.8. The quantitative estimate of drug-likeness (QED) is 0.0206. The molecule has 0 saturated carbocycles. The number of anilines is 1. The third-order valence-corrected chi connectivity index (χ3v) is 13.3. The number of halogens is 4.